The standard InChI is InChI=1S/C19H18N4O4S/c1-23(15-7-9-28(26,27)12-15)19(25)17-10-13(6-8-21-17)18(24)22-16-5-3-2-4-14(16)11-20/h2-6,8,10,15H,7,9,12H2,1H3,(H,22,24). The van der Waals surface area contributed by atoms with Gasteiger partial charge < -0.3 is 10.2 Å². The lowest BCUT2D eigenvalue weighted by molar-refractivity contribution is 0.0742. The third kappa shape index (κ3) is 4.18. The lowest BCUT2D eigenvalue weighted by atomic mass is 10.1. The van der Waals surface area contributed by atoms with Crippen molar-refractivity contribution in [2.45, 2.75) is 12.5 Å². The van der Waals surface area contributed by atoms with Crippen LogP contribution < -0.4 is 5.32 Å². The van der Waals surface area contributed by atoms with Crippen LogP contribution in [0.3, 0.4) is 0 Å². The number of para-hydroxylation sites is 1. The molecular formula is C19H18N4O4S. The van der Waals surface area contributed by atoms with Gasteiger partial charge in [0, 0.05) is 24.8 Å². The molecule has 2 heterocycles. The van der Waals surface area contributed by atoms with Crippen molar-refractivity contribution in [1.82, 2.24) is 9.88 Å². The smallest absolute Gasteiger partial charge is 0.272 e. The Labute approximate surface area is 162 Å². The quantitative estimate of drug-likeness (QED) is 0.832. The molecule has 144 valence electrons. The summed E-state index contributed by atoms with van der Waals surface area (Å²) in [5.41, 5.74) is 0.947. The Morgan fingerprint density at radius 1 is 1.29 bits per heavy atom. The van der Waals surface area contributed by atoms with E-state index < -0.39 is 27.7 Å². The third-order valence-corrected chi connectivity index (χ3v) is 6.36. The number of carbonyl (C=O) groups excluding carboxylic acids is 2. The van der Waals surface area contributed by atoms with Crippen LogP contribution in [0, 0.1) is 11.3 Å². The second kappa shape index (κ2) is 7.78. The highest BCUT2D eigenvalue weighted by atomic mass is 32.2. The number of sulfone groups is 1. The Morgan fingerprint density at radius 2 is 2.04 bits per heavy atom. The molecule has 1 unspecified atom stereocenters. The minimum atomic E-state index is -3.12. The molecule has 0 aliphatic carbocycles. The zero-order valence-electron chi connectivity index (χ0n) is 15.1. The van der Waals surface area contributed by atoms with E-state index in [9.17, 15) is 18.0 Å². The molecule has 1 N–H and O–H groups in total. The van der Waals surface area contributed by atoms with E-state index in [-0.39, 0.29) is 22.8 Å². The first-order valence-electron chi connectivity index (χ1n) is 8.55. The summed E-state index contributed by atoms with van der Waals surface area (Å²) in [5.74, 6) is -0.941. The SMILES string of the molecule is CN(C(=O)c1cc(C(=O)Nc2ccccc2C#N)ccn1)C1CCS(=O)(=O)C1. The van der Waals surface area contributed by atoms with Gasteiger partial charge in [0.2, 0.25) is 0 Å². The first-order valence-corrected chi connectivity index (χ1v) is 10.4. The molecule has 8 nitrogen and oxygen atoms in total. The average Bonchev–Trinajstić information content (AvgIpc) is 3.07. The first kappa shape index (κ1) is 19.5. The van der Waals surface area contributed by atoms with Crippen molar-refractivity contribution in [1.29, 1.82) is 5.26 Å². The Kier molecular flexibility index (Phi) is 5.42. The molecule has 3 rings (SSSR count). The summed E-state index contributed by atoms with van der Waals surface area (Å²) in [4.78, 5) is 30.6. The van der Waals surface area contributed by atoms with E-state index >= 15 is 0 Å². The second-order valence-corrected chi connectivity index (χ2v) is 8.74. The number of rotatable bonds is 4. The van der Waals surface area contributed by atoms with Gasteiger partial charge in [0.1, 0.15) is 11.8 Å². The number of nitriles is 1. The average molecular weight is 398 g/mol. The van der Waals surface area contributed by atoms with E-state index in [4.69, 9.17) is 5.26 Å². The molecule has 0 spiro atoms. The summed E-state index contributed by atoms with van der Waals surface area (Å²) in [6.45, 7) is 0. The molecule has 1 aliphatic heterocycles. The van der Waals surface area contributed by atoms with Gasteiger partial charge in [0.15, 0.2) is 9.84 Å². The molecule has 9 heteroatoms. The number of anilines is 1. The topological polar surface area (TPSA) is 120 Å². The number of pyridine rings is 1. The number of aromatic nitrogens is 1. The van der Waals surface area contributed by atoms with Gasteiger partial charge in [0.25, 0.3) is 11.8 Å². The van der Waals surface area contributed by atoms with Gasteiger partial charge >= 0.3 is 0 Å². The maximum Gasteiger partial charge on any atom is 0.272 e. The molecule has 1 aromatic carbocycles. The van der Waals surface area contributed by atoms with Crippen molar-refractivity contribution in [2.24, 2.45) is 0 Å². The van der Waals surface area contributed by atoms with Gasteiger partial charge in [-0.2, -0.15) is 5.26 Å². The van der Waals surface area contributed by atoms with Gasteiger partial charge in [-0.15, -0.1) is 0 Å². The first-order chi connectivity index (χ1) is 13.3. The highest BCUT2D eigenvalue weighted by molar-refractivity contribution is 7.91. The molecule has 1 saturated heterocycles. The van der Waals surface area contributed by atoms with Crippen molar-refractivity contribution in [2.75, 3.05) is 23.9 Å². The summed E-state index contributed by atoms with van der Waals surface area (Å²) in [7, 11) is -1.59. The van der Waals surface area contributed by atoms with Crippen LogP contribution in [0.1, 0.15) is 32.8 Å². The van der Waals surface area contributed by atoms with Crippen LogP contribution in [-0.4, -0.2) is 54.7 Å². The molecule has 0 radical (unpaired) electrons. The maximum absolute atomic E-state index is 12.7. The van der Waals surface area contributed by atoms with Gasteiger partial charge in [-0.1, -0.05) is 12.1 Å². The monoisotopic (exact) mass is 398 g/mol. The van der Waals surface area contributed by atoms with Crippen molar-refractivity contribution in [3.05, 3.63) is 59.4 Å². The summed E-state index contributed by atoms with van der Waals surface area (Å²) in [5, 5.41) is 11.8. The molecule has 1 aromatic heterocycles. The van der Waals surface area contributed by atoms with Crippen molar-refractivity contribution < 1.29 is 18.0 Å². The molecule has 0 bridgehead atoms. The van der Waals surface area contributed by atoms with Crippen LogP contribution in [0.15, 0.2) is 42.6 Å². The Bertz CT molecular complexity index is 1080. The van der Waals surface area contributed by atoms with Gasteiger partial charge in [0.05, 0.1) is 22.8 Å². The van der Waals surface area contributed by atoms with Crippen LogP contribution >= 0.6 is 0 Å². The van der Waals surface area contributed by atoms with Gasteiger partial charge in [-0.05, 0) is 30.7 Å². The van der Waals surface area contributed by atoms with E-state index in [0.29, 0.717) is 17.7 Å². The van der Waals surface area contributed by atoms with E-state index in [1.165, 1.54) is 30.3 Å². The number of amides is 2. The lowest BCUT2D eigenvalue weighted by Gasteiger charge is -2.23. The van der Waals surface area contributed by atoms with Crippen molar-refractivity contribution in [3.63, 3.8) is 0 Å². The molecule has 2 aromatic rings. The number of nitrogens with zero attached hydrogens (tertiary/aromatic N) is 3. The van der Waals surface area contributed by atoms with Crippen LogP contribution in [0.4, 0.5) is 5.69 Å². The normalized spacial score (nSPS) is 17.5. The fourth-order valence-corrected chi connectivity index (χ4v) is 4.77. The number of hydrogen-bond acceptors (Lipinski definition) is 6. The molecule has 1 fully saturated rings. The molecule has 1 atom stereocenters. The van der Waals surface area contributed by atoms with Crippen molar-refractivity contribution >= 4 is 27.3 Å². The van der Waals surface area contributed by atoms with Crippen molar-refractivity contribution in [3.8, 4) is 6.07 Å². The van der Waals surface area contributed by atoms with E-state index in [2.05, 4.69) is 10.3 Å². The summed E-state index contributed by atoms with van der Waals surface area (Å²) in [6.07, 6.45) is 1.73. The minimum Gasteiger partial charge on any atom is -0.336 e. The van der Waals surface area contributed by atoms with Gasteiger partial charge in [-0.3, -0.25) is 14.6 Å². The molecular weight excluding hydrogens is 380 g/mol. The van der Waals surface area contributed by atoms with E-state index in [0.717, 1.165) is 0 Å². The molecule has 2 amide bonds. The Morgan fingerprint density at radius 3 is 2.71 bits per heavy atom. The lowest BCUT2D eigenvalue weighted by Crippen LogP contribution is -2.38. The Balaban J connectivity index is 1.77. The predicted octanol–water partition coefficient (Wildman–Crippen LogP) is 1.46. The number of hydrogen-bond donors (Lipinski definition) is 1. The molecule has 28 heavy (non-hydrogen) atoms. The fourth-order valence-electron chi connectivity index (χ4n) is 3.00. The predicted molar refractivity (Wildman–Crippen MR) is 102 cm³/mol. The molecule has 0 saturated carbocycles. The fraction of sp³-hybridized carbons (Fsp3) is 0.263. The Hall–Kier alpha value is -3.25. The maximum atomic E-state index is 12.7. The highest BCUT2D eigenvalue weighted by Gasteiger charge is 2.33. The second-order valence-electron chi connectivity index (χ2n) is 6.51. The van der Waals surface area contributed by atoms with Gasteiger partial charge in [-0.25, -0.2) is 8.42 Å². The van der Waals surface area contributed by atoms with Crippen LogP contribution in [-0.2, 0) is 9.84 Å². The molecule has 1 aliphatic rings. The summed E-state index contributed by atoms with van der Waals surface area (Å²) < 4.78 is 23.3. The number of benzene rings is 1. The number of nitrogens with one attached hydrogen (secondary N) is 1. The zero-order valence-corrected chi connectivity index (χ0v) is 15.9. The summed E-state index contributed by atoms with van der Waals surface area (Å²) in [6, 6.07) is 11.0. The largest absolute Gasteiger partial charge is 0.336 e. The zero-order chi connectivity index (χ0) is 20.3. The third-order valence-electron chi connectivity index (χ3n) is 4.61. The van der Waals surface area contributed by atoms with Crippen LogP contribution in [0.25, 0.3) is 0 Å². The minimum absolute atomic E-state index is 0.0491. The van der Waals surface area contributed by atoms with Crippen LogP contribution in [0.2, 0.25) is 0 Å². The number of carbonyl (C=O) groups is 2. The summed E-state index contributed by atoms with van der Waals surface area (Å²) >= 11 is 0. The van der Waals surface area contributed by atoms with E-state index in [1.807, 2.05) is 6.07 Å². The van der Waals surface area contributed by atoms with E-state index in [1.54, 1.807) is 24.3 Å². The van der Waals surface area contributed by atoms with Crippen LogP contribution in [0.5, 0.6) is 0 Å². The highest BCUT2D eigenvalue weighted by Crippen LogP contribution is 2.19.